The summed E-state index contributed by atoms with van der Waals surface area (Å²) in [4.78, 5) is 2.49. The lowest BCUT2D eigenvalue weighted by molar-refractivity contribution is -0.0477. The van der Waals surface area contributed by atoms with Gasteiger partial charge in [0.2, 0.25) is 0 Å². The van der Waals surface area contributed by atoms with E-state index in [1.807, 2.05) is 6.92 Å². The maximum atomic E-state index is 13.7. The predicted molar refractivity (Wildman–Crippen MR) is 77.1 cm³/mol. The van der Waals surface area contributed by atoms with Crippen molar-refractivity contribution in [3.8, 4) is 0 Å². The van der Waals surface area contributed by atoms with Crippen molar-refractivity contribution in [1.82, 2.24) is 10.2 Å². The van der Waals surface area contributed by atoms with Crippen LogP contribution in [0.15, 0.2) is 18.2 Å². The monoisotopic (exact) mass is 296 g/mol. The van der Waals surface area contributed by atoms with Gasteiger partial charge in [-0.25, -0.2) is 8.78 Å². The predicted octanol–water partition coefficient (Wildman–Crippen LogP) is 2.48. The average molecular weight is 296 g/mol. The average Bonchev–Trinajstić information content (AvgIpc) is 2.92. The second kappa shape index (κ2) is 6.38. The zero-order chi connectivity index (χ0) is 14.8. The number of hydrogen-bond acceptors (Lipinski definition) is 3. The topological polar surface area (TPSA) is 24.5 Å². The zero-order valence-corrected chi connectivity index (χ0v) is 12.3. The molecule has 2 heterocycles. The molecular weight excluding hydrogens is 274 g/mol. The Bertz CT molecular complexity index is 497. The van der Waals surface area contributed by atoms with Gasteiger partial charge in [0.25, 0.3) is 0 Å². The van der Waals surface area contributed by atoms with Gasteiger partial charge in [-0.15, -0.1) is 0 Å². The molecular formula is C16H22F2N2O. The van der Waals surface area contributed by atoms with Crippen LogP contribution in [0.2, 0.25) is 0 Å². The highest BCUT2D eigenvalue weighted by atomic mass is 19.1. The van der Waals surface area contributed by atoms with Crippen LogP contribution >= 0.6 is 0 Å². The van der Waals surface area contributed by atoms with E-state index in [0.29, 0.717) is 18.2 Å². The Balaban J connectivity index is 1.52. The first-order valence-electron chi connectivity index (χ1n) is 7.67. The lowest BCUT2D eigenvalue weighted by Crippen LogP contribution is -2.49. The molecule has 5 heteroatoms. The standard InChI is InChI=1S/C16H22F2N2O/c1-11(15-5-4-12(17)7-16(15)18)19-8-14-9-20-6-2-3-13(20)10-21-14/h4-5,7,11,13-14,19H,2-3,6,8-10H2,1H3. The van der Waals surface area contributed by atoms with E-state index in [4.69, 9.17) is 4.74 Å². The molecule has 2 aliphatic rings. The van der Waals surface area contributed by atoms with Crippen LogP contribution in [0.3, 0.4) is 0 Å². The molecule has 3 rings (SSSR count). The Morgan fingerprint density at radius 1 is 1.43 bits per heavy atom. The Kier molecular flexibility index (Phi) is 4.52. The maximum Gasteiger partial charge on any atom is 0.130 e. The van der Waals surface area contributed by atoms with Crippen LogP contribution in [0.1, 0.15) is 31.4 Å². The van der Waals surface area contributed by atoms with E-state index in [1.165, 1.54) is 25.0 Å². The molecule has 0 saturated carbocycles. The van der Waals surface area contributed by atoms with Crippen LogP contribution in [-0.4, -0.2) is 43.3 Å². The van der Waals surface area contributed by atoms with Crippen LogP contribution in [-0.2, 0) is 4.74 Å². The molecule has 1 aromatic rings. The first-order valence-corrected chi connectivity index (χ1v) is 7.67. The first-order chi connectivity index (χ1) is 10.1. The van der Waals surface area contributed by atoms with Crippen LogP contribution in [0.4, 0.5) is 8.78 Å². The fourth-order valence-corrected chi connectivity index (χ4v) is 3.28. The molecule has 1 N–H and O–H groups in total. The van der Waals surface area contributed by atoms with Crippen LogP contribution in [0, 0.1) is 11.6 Å². The number of nitrogens with zero attached hydrogens (tertiary/aromatic N) is 1. The summed E-state index contributed by atoms with van der Waals surface area (Å²) in [7, 11) is 0. The third kappa shape index (κ3) is 3.42. The number of fused-ring (bicyclic) bond motifs is 1. The lowest BCUT2D eigenvalue weighted by atomic mass is 10.1. The summed E-state index contributed by atoms with van der Waals surface area (Å²) in [5, 5.41) is 3.29. The molecule has 0 amide bonds. The van der Waals surface area contributed by atoms with Crippen LogP contribution in [0.5, 0.6) is 0 Å². The van der Waals surface area contributed by atoms with Crippen molar-refractivity contribution in [2.75, 3.05) is 26.2 Å². The molecule has 0 spiro atoms. The minimum Gasteiger partial charge on any atom is -0.374 e. The van der Waals surface area contributed by atoms with Gasteiger partial charge in [-0.05, 0) is 32.4 Å². The molecule has 3 atom stereocenters. The van der Waals surface area contributed by atoms with Crippen molar-refractivity contribution in [3.05, 3.63) is 35.4 Å². The molecule has 0 aromatic heterocycles. The largest absolute Gasteiger partial charge is 0.374 e. The number of ether oxygens (including phenoxy) is 1. The summed E-state index contributed by atoms with van der Waals surface area (Å²) in [5.41, 5.74) is 0.492. The number of halogens is 2. The number of rotatable bonds is 4. The normalized spacial score (nSPS) is 27.6. The van der Waals surface area contributed by atoms with Gasteiger partial charge in [-0.1, -0.05) is 6.07 Å². The number of nitrogens with one attached hydrogen (secondary N) is 1. The minimum atomic E-state index is -0.542. The van der Waals surface area contributed by atoms with Gasteiger partial charge in [0, 0.05) is 36.8 Å². The summed E-state index contributed by atoms with van der Waals surface area (Å²) in [6.07, 6.45) is 2.63. The molecule has 2 aliphatic heterocycles. The van der Waals surface area contributed by atoms with Gasteiger partial charge in [0.05, 0.1) is 12.7 Å². The maximum absolute atomic E-state index is 13.7. The van der Waals surface area contributed by atoms with Gasteiger partial charge in [-0.3, -0.25) is 4.90 Å². The lowest BCUT2D eigenvalue weighted by Gasteiger charge is -2.35. The summed E-state index contributed by atoms with van der Waals surface area (Å²) in [6.45, 7) is 5.47. The molecule has 0 aliphatic carbocycles. The summed E-state index contributed by atoms with van der Waals surface area (Å²) < 4.78 is 32.5. The van der Waals surface area contributed by atoms with E-state index >= 15 is 0 Å². The number of hydrogen-bond donors (Lipinski definition) is 1. The number of benzene rings is 1. The molecule has 1 aromatic carbocycles. The molecule has 3 unspecified atom stereocenters. The van der Waals surface area contributed by atoms with Gasteiger partial charge in [0.15, 0.2) is 0 Å². The van der Waals surface area contributed by atoms with Gasteiger partial charge in [-0.2, -0.15) is 0 Å². The van der Waals surface area contributed by atoms with Crippen molar-refractivity contribution in [2.24, 2.45) is 0 Å². The van der Waals surface area contributed by atoms with E-state index in [-0.39, 0.29) is 12.1 Å². The molecule has 0 bridgehead atoms. The minimum absolute atomic E-state index is 0.144. The van der Waals surface area contributed by atoms with Gasteiger partial charge >= 0.3 is 0 Å². The van der Waals surface area contributed by atoms with Gasteiger partial charge < -0.3 is 10.1 Å². The van der Waals surface area contributed by atoms with E-state index in [0.717, 1.165) is 25.8 Å². The third-order valence-corrected chi connectivity index (χ3v) is 4.54. The molecule has 3 nitrogen and oxygen atoms in total. The van der Waals surface area contributed by atoms with Gasteiger partial charge in [0.1, 0.15) is 11.6 Å². The van der Waals surface area contributed by atoms with E-state index in [9.17, 15) is 8.78 Å². The van der Waals surface area contributed by atoms with Crippen LogP contribution < -0.4 is 5.32 Å². The van der Waals surface area contributed by atoms with Crippen molar-refractivity contribution in [2.45, 2.75) is 38.0 Å². The molecule has 2 saturated heterocycles. The molecule has 21 heavy (non-hydrogen) atoms. The first kappa shape index (κ1) is 14.9. The SMILES string of the molecule is CC(NCC1CN2CCCC2CO1)c1ccc(F)cc1F. The third-order valence-electron chi connectivity index (χ3n) is 4.54. The van der Waals surface area contributed by atoms with Crippen molar-refractivity contribution in [1.29, 1.82) is 0 Å². The second-order valence-electron chi connectivity index (χ2n) is 6.04. The Morgan fingerprint density at radius 3 is 3.10 bits per heavy atom. The Labute approximate surface area is 124 Å². The summed E-state index contributed by atoms with van der Waals surface area (Å²) in [5.74, 6) is -1.04. The quantitative estimate of drug-likeness (QED) is 0.924. The molecule has 116 valence electrons. The van der Waals surface area contributed by atoms with E-state index in [2.05, 4.69) is 10.2 Å². The molecule has 0 radical (unpaired) electrons. The highest BCUT2D eigenvalue weighted by Crippen LogP contribution is 2.23. The highest BCUT2D eigenvalue weighted by molar-refractivity contribution is 5.21. The summed E-state index contributed by atoms with van der Waals surface area (Å²) in [6, 6.07) is 4.15. The summed E-state index contributed by atoms with van der Waals surface area (Å²) >= 11 is 0. The van der Waals surface area contributed by atoms with Crippen molar-refractivity contribution in [3.63, 3.8) is 0 Å². The fourth-order valence-electron chi connectivity index (χ4n) is 3.28. The Morgan fingerprint density at radius 2 is 2.29 bits per heavy atom. The fraction of sp³-hybridized carbons (Fsp3) is 0.625. The van der Waals surface area contributed by atoms with Crippen molar-refractivity contribution < 1.29 is 13.5 Å². The zero-order valence-electron chi connectivity index (χ0n) is 12.3. The van der Waals surface area contributed by atoms with E-state index in [1.54, 1.807) is 0 Å². The molecule has 2 fully saturated rings. The van der Waals surface area contributed by atoms with E-state index < -0.39 is 11.6 Å². The second-order valence-corrected chi connectivity index (χ2v) is 6.04. The smallest absolute Gasteiger partial charge is 0.130 e. The Hall–Kier alpha value is -1.04. The van der Waals surface area contributed by atoms with Crippen LogP contribution in [0.25, 0.3) is 0 Å². The number of morpholine rings is 1. The van der Waals surface area contributed by atoms with Crippen molar-refractivity contribution >= 4 is 0 Å². The highest BCUT2D eigenvalue weighted by Gasteiger charge is 2.32.